The molecule has 1 atom stereocenters. The van der Waals surface area contributed by atoms with Crippen molar-refractivity contribution in [2.24, 2.45) is 5.92 Å². The number of aromatic nitrogens is 3. The first-order valence-corrected chi connectivity index (χ1v) is 9.25. The highest BCUT2D eigenvalue weighted by Gasteiger charge is 2.25. The molecule has 0 saturated heterocycles. The van der Waals surface area contributed by atoms with E-state index in [1.54, 1.807) is 7.11 Å². The van der Waals surface area contributed by atoms with Crippen LogP contribution in [0.2, 0.25) is 0 Å². The molecule has 26 heavy (non-hydrogen) atoms. The summed E-state index contributed by atoms with van der Waals surface area (Å²) in [6, 6.07) is 5.91. The van der Waals surface area contributed by atoms with Gasteiger partial charge in [-0.3, -0.25) is 4.79 Å². The summed E-state index contributed by atoms with van der Waals surface area (Å²) < 4.78 is 13.2. The maximum Gasteiger partial charge on any atom is 0.289 e. The number of carbonyl (C=O) groups excluding carboxylic acids is 1. The molecule has 1 aromatic carbocycles. The van der Waals surface area contributed by atoms with Crippen LogP contribution in [0.3, 0.4) is 0 Å². The molecule has 0 bridgehead atoms. The lowest BCUT2D eigenvalue weighted by atomic mass is 9.96. The lowest BCUT2D eigenvalue weighted by Gasteiger charge is -2.26. The van der Waals surface area contributed by atoms with Gasteiger partial charge in [0, 0.05) is 25.4 Å². The van der Waals surface area contributed by atoms with E-state index in [0.717, 1.165) is 55.1 Å². The summed E-state index contributed by atoms with van der Waals surface area (Å²) in [5, 5.41) is 11.3. The highest BCUT2D eigenvalue weighted by Crippen LogP contribution is 2.35. The number of nitrogens with one attached hydrogen (secondary N) is 1. The molecule has 0 fully saturated rings. The first kappa shape index (κ1) is 16.9. The fourth-order valence-electron chi connectivity index (χ4n) is 3.72. The third kappa shape index (κ3) is 3.25. The Morgan fingerprint density at radius 2 is 2.27 bits per heavy atom. The number of benzene rings is 1. The van der Waals surface area contributed by atoms with E-state index >= 15 is 0 Å². The van der Waals surface area contributed by atoms with E-state index in [2.05, 4.69) is 15.5 Å². The number of hydrogen-bond acceptors (Lipinski definition) is 5. The van der Waals surface area contributed by atoms with Gasteiger partial charge in [-0.25, -0.2) is 0 Å². The predicted molar refractivity (Wildman–Crippen MR) is 95.6 cm³/mol. The van der Waals surface area contributed by atoms with E-state index in [9.17, 15) is 4.79 Å². The topological polar surface area (TPSA) is 78.3 Å². The second kappa shape index (κ2) is 7.35. The lowest BCUT2D eigenvalue weighted by Crippen LogP contribution is -2.36. The maximum atomic E-state index is 12.6. The summed E-state index contributed by atoms with van der Waals surface area (Å²) in [5.74, 6) is 3.01. The van der Waals surface area contributed by atoms with Crippen molar-refractivity contribution in [1.82, 2.24) is 20.1 Å². The molecule has 1 N–H and O–H groups in total. The Balaban J connectivity index is 1.39. The molecule has 0 spiro atoms. The van der Waals surface area contributed by atoms with E-state index in [1.807, 2.05) is 22.8 Å². The highest BCUT2D eigenvalue weighted by molar-refractivity contribution is 5.90. The molecule has 2 aliphatic heterocycles. The van der Waals surface area contributed by atoms with E-state index < -0.39 is 0 Å². The van der Waals surface area contributed by atoms with Crippen LogP contribution < -0.4 is 14.8 Å². The number of para-hydroxylation sites is 1. The predicted octanol–water partition coefficient (Wildman–Crippen LogP) is 1.99. The second-order valence-corrected chi connectivity index (χ2v) is 6.94. The molecule has 7 heteroatoms. The third-order valence-electron chi connectivity index (χ3n) is 5.12. The summed E-state index contributed by atoms with van der Waals surface area (Å²) in [5.41, 5.74) is 1.12. The Morgan fingerprint density at radius 3 is 3.15 bits per heavy atom. The average molecular weight is 356 g/mol. The van der Waals surface area contributed by atoms with Gasteiger partial charge in [0.25, 0.3) is 5.91 Å². The van der Waals surface area contributed by atoms with Gasteiger partial charge in [-0.15, -0.1) is 10.2 Å². The van der Waals surface area contributed by atoms with Crippen molar-refractivity contribution >= 4 is 5.91 Å². The van der Waals surface area contributed by atoms with Crippen LogP contribution in [0.15, 0.2) is 18.2 Å². The summed E-state index contributed by atoms with van der Waals surface area (Å²) in [7, 11) is 1.65. The fourth-order valence-corrected chi connectivity index (χ4v) is 3.72. The number of hydrogen-bond donors (Lipinski definition) is 1. The van der Waals surface area contributed by atoms with Crippen molar-refractivity contribution in [1.29, 1.82) is 0 Å². The zero-order valence-electron chi connectivity index (χ0n) is 15.0. The Bertz CT molecular complexity index is 802. The average Bonchev–Trinajstić information content (AvgIpc) is 2.93. The Morgan fingerprint density at radius 1 is 1.35 bits per heavy atom. The quantitative estimate of drug-likeness (QED) is 0.906. The van der Waals surface area contributed by atoms with E-state index in [1.165, 1.54) is 6.42 Å². The van der Waals surface area contributed by atoms with Crippen LogP contribution in [0.4, 0.5) is 0 Å². The Hall–Kier alpha value is -2.57. The van der Waals surface area contributed by atoms with Crippen molar-refractivity contribution in [2.45, 2.75) is 38.6 Å². The first-order chi connectivity index (χ1) is 12.8. The van der Waals surface area contributed by atoms with Gasteiger partial charge < -0.3 is 19.4 Å². The maximum absolute atomic E-state index is 12.6. The molecule has 1 unspecified atom stereocenters. The molecule has 1 amide bonds. The molecule has 4 rings (SSSR count). The molecule has 1 aromatic heterocycles. The largest absolute Gasteiger partial charge is 0.493 e. The summed E-state index contributed by atoms with van der Waals surface area (Å²) in [4.78, 5) is 12.6. The number of aryl methyl sites for hydroxylation is 1. The molecule has 2 aromatic rings. The van der Waals surface area contributed by atoms with Gasteiger partial charge in [-0.05, 0) is 30.9 Å². The van der Waals surface area contributed by atoms with Crippen LogP contribution in [0.5, 0.6) is 11.5 Å². The van der Waals surface area contributed by atoms with Gasteiger partial charge in [0.1, 0.15) is 5.82 Å². The van der Waals surface area contributed by atoms with Gasteiger partial charge in [-0.2, -0.15) is 0 Å². The summed E-state index contributed by atoms with van der Waals surface area (Å²) in [6.45, 7) is 1.94. The van der Waals surface area contributed by atoms with Gasteiger partial charge in [-0.1, -0.05) is 18.6 Å². The molecule has 0 aliphatic carbocycles. The van der Waals surface area contributed by atoms with Crippen molar-refractivity contribution < 1.29 is 14.3 Å². The summed E-state index contributed by atoms with van der Waals surface area (Å²) >= 11 is 0. The molecular weight excluding hydrogens is 332 g/mol. The highest BCUT2D eigenvalue weighted by atomic mass is 16.5. The van der Waals surface area contributed by atoms with Crippen molar-refractivity contribution in [3.63, 3.8) is 0 Å². The lowest BCUT2D eigenvalue weighted by molar-refractivity contribution is 0.0923. The van der Waals surface area contributed by atoms with E-state index in [0.29, 0.717) is 19.0 Å². The van der Waals surface area contributed by atoms with Crippen LogP contribution in [0.1, 0.15) is 41.3 Å². The number of ether oxygens (including phenoxy) is 2. The fraction of sp³-hybridized carbons (Fsp3) is 0.526. The zero-order valence-corrected chi connectivity index (χ0v) is 15.0. The number of fused-ring (bicyclic) bond motifs is 2. The van der Waals surface area contributed by atoms with Gasteiger partial charge in [0.05, 0.1) is 13.7 Å². The molecule has 0 saturated carbocycles. The zero-order chi connectivity index (χ0) is 17.9. The monoisotopic (exact) mass is 356 g/mol. The second-order valence-electron chi connectivity index (χ2n) is 6.94. The summed E-state index contributed by atoms with van der Waals surface area (Å²) in [6.07, 6.45) is 5.11. The Labute approximate surface area is 152 Å². The molecule has 3 heterocycles. The van der Waals surface area contributed by atoms with Crippen LogP contribution in [0.25, 0.3) is 0 Å². The molecule has 0 radical (unpaired) electrons. The number of carbonyl (C=O) groups is 1. The minimum atomic E-state index is -0.151. The van der Waals surface area contributed by atoms with Gasteiger partial charge in [0.2, 0.25) is 5.82 Å². The molecule has 138 valence electrons. The van der Waals surface area contributed by atoms with Crippen LogP contribution in [-0.4, -0.2) is 40.9 Å². The molecule has 2 aliphatic rings. The minimum Gasteiger partial charge on any atom is -0.493 e. The number of nitrogens with zero attached hydrogens (tertiary/aromatic N) is 3. The molecular formula is C19H24N4O3. The van der Waals surface area contributed by atoms with E-state index in [-0.39, 0.29) is 11.8 Å². The van der Waals surface area contributed by atoms with Crippen LogP contribution >= 0.6 is 0 Å². The van der Waals surface area contributed by atoms with Crippen molar-refractivity contribution in [3.8, 4) is 11.5 Å². The standard InChI is InChI=1S/C19H24N4O3/c1-25-15-7-5-6-14-10-13(12-26-17(14)15)11-20-19(24)18-22-21-16-8-3-2-4-9-23(16)18/h5-7,13H,2-4,8-12H2,1H3,(H,20,24). The van der Waals surface area contributed by atoms with Crippen molar-refractivity contribution in [2.75, 3.05) is 20.3 Å². The molecule has 7 nitrogen and oxygen atoms in total. The first-order valence-electron chi connectivity index (χ1n) is 9.25. The van der Waals surface area contributed by atoms with Gasteiger partial charge in [0.15, 0.2) is 11.5 Å². The van der Waals surface area contributed by atoms with E-state index in [4.69, 9.17) is 9.47 Å². The number of rotatable bonds is 4. The smallest absolute Gasteiger partial charge is 0.289 e. The minimum absolute atomic E-state index is 0.151. The number of amides is 1. The number of methoxy groups -OCH3 is 1. The Kier molecular flexibility index (Phi) is 4.77. The van der Waals surface area contributed by atoms with Crippen LogP contribution in [-0.2, 0) is 19.4 Å². The SMILES string of the molecule is COc1cccc2c1OCC(CNC(=O)c1nnc3n1CCCCC3)C2. The van der Waals surface area contributed by atoms with Crippen LogP contribution in [0, 0.1) is 5.92 Å². The van der Waals surface area contributed by atoms with Crippen molar-refractivity contribution in [3.05, 3.63) is 35.4 Å². The normalized spacial score (nSPS) is 18.9. The third-order valence-corrected chi connectivity index (χ3v) is 5.12. The van der Waals surface area contributed by atoms with Gasteiger partial charge >= 0.3 is 0 Å².